The summed E-state index contributed by atoms with van der Waals surface area (Å²) < 4.78 is 5.46. The quantitative estimate of drug-likeness (QED) is 0.766. The first-order valence-corrected chi connectivity index (χ1v) is 10.5. The molecule has 0 saturated carbocycles. The van der Waals surface area contributed by atoms with Gasteiger partial charge in [0.05, 0.1) is 13.2 Å². The molecule has 150 valence electrons. The lowest BCUT2D eigenvalue weighted by Crippen LogP contribution is -2.37. The molecule has 2 aliphatic heterocycles. The Labute approximate surface area is 168 Å². The van der Waals surface area contributed by atoms with E-state index in [9.17, 15) is 0 Å². The Balaban J connectivity index is 1.29. The van der Waals surface area contributed by atoms with Crippen LogP contribution in [0.5, 0.6) is 0 Å². The highest BCUT2D eigenvalue weighted by atomic mass is 16.5. The van der Waals surface area contributed by atoms with E-state index in [-0.39, 0.29) is 0 Å². The number of aryl methyl sites for hydroxylation is 1. The monoisotopic (exact) mass is 381 g/mol. The third kappa shape index (κ3) is 5.20. The number of benzene rings is 1. The summed E-state index contributed by atoms with van der Waals surface area (Å²) >= 11 is 0. The predicted molar refractivity (Wildman–Crippen MR) is 113 cm³/mol. The van der Waals surface area contributed by atoms with E-state index in [1.807, 2.05) is 0 Å². The summed E-state index contributed by atoms with van der Waals surface area (Å²) in [6.07, 6.45) is 5.28. The minimum absolute atomic E-state index is 0.779. The summed E-state index contributed by atoms with van der Waals surface area (Å²) in [5.41, 5.74) is 1.44. The zero-order chi connectivity index (χ0) is 19.0. The van der Waals surface area contributed by atoms with Crippen molar-refractivity contribution in [3.8, 4) is 0 Å². The van der Waals surface area contributed by atoms with Crippen LogP contribution in [0.25, 0.3) is 0 Å². The van der Waals surface area contributed by atoms with Crippen LogP contribution in [0.4, 0.5) is 11.6 Å². The number of ether oxygens (including phenoxy) is 1. The van der Waals surface area contributed by atoms with Crippen molar-refractivity contribution >= 4 is 11.6 Å². The topological polar surface area (TPSA) is 44.7 Å². The third-order valence-electron chi connectivity index (χ3n) is 5.67. The van der Waals surface area contributed by atoms with Crippen molar-refractivity contribution in [3.05, 3.63) is 48.3 Å². The molecule has 2 aromatic rings. The second-order valence-corrected chi connectivity index (χ2v) is 7.61. The predicted octanol–water partition coefficient (Wildman–Crippen LogP) is 2.46. The summed E-state index contributed by atoms with van der Waals surface area (Å²) in [6.45, 7) is 8.92. The first kappa shape index (κ1) is 19.2. The van der Waals surface area contributed by atoms with Crippen molar-refractivity contribution in [1.29, 1.82) is 0 Å². The summed E-state index contributed by atoms with van der Waals surface area (Å²) in [6, 6.07) is 13.0. The van der Waals surface area contributed by atoms with Crippen molar-refractivity contribution in [1.82, 2.24) is 14.9 Å². The van der Waals surface area contributed by atoms with Gasteiger partial charge in [0.1, 0.15) is 18.0 Å². The number of nitrogens with zero attached hydrogens (tertiary/aromatic N) is 5. The van der Waals surface area contributed by atoms with Gasteiger partial charge in [-0.15, -0.1) is 0 Å². The van der Waals surface area contributed by atoms with Gasteiger partial charge in [-0.25, -0.2) is 9.97 Å². The lowest BCUT2D eigenvalue weighted by atomic mass is 10.1. The van der Waals surface area contributed by atoms with E-state index in [0.717, 1.165) is 64.0 Å². The van der Waals surface area contributed by atoms with Crippen LogP contribution in [0.1, 0.15) is 18.4 Å². The standard InChI is InChI=1S/C22H31N5O/c1-2-6-20(7-3-1)8-4-9-25-10-5-11-26(13-12-25)21-18-22(24-19-23-21)27-14-16-28-17-15-27/h1-3,6-7,18-19H,4-5,8-17H2. The Bertz CT molecular complexity index is 720. The highest BCUT2D eigenvalue weighted by Gasteiger charge is 2.18. The molecule has 0 N–H and O–H groups in total. The summed E-state index contributed by atoms with van der Waals surface area (Å²) in [4.78, 5) is 16.4. The first-order chi connectivity index (χ1) is 13.9. The maximum absolute atomic E-state index is 5.46. The molecule has 0 aliphatic carbocycles. The Morgan fingerprint density at radius 2 is 1.57 bits per heavy atom. The van der Waals surface area contributed by atoms with Gasteiger partial charge in [-0.3, -0.25) is 0 Å². The van der Waals surface area contributed by atoms with Crippen molar-refractivity contribution < 1.29 is 4.74 Å². The van der Waals surface area contributed by atoms with Crippen LogP contribution in [0.3, 0.4) is 0 Å². The van der Waals surface area contributed by atoms with Gasteiger partial charge in [0.2, 0.25) is 0 Å². The third-order valence-corrected chi connectivity index (χ3v) is 5.67. The number of rotatable bonds is 6. The van der Waals surface area contributed by atoms with Crippen LogP contribution < -0.4 is 9.80 Å². The fourth-order valence-corrected chi connectivity index (χ4v) is 4.05. The largest absolute Gasteiger partial charge is 0.378 e. The first-order valence-electron chi connectivity index (χ1n) is 10.5. The second-order valence-electron chi connectivity index (χ2n) is 7.61. The number of morpholine rings is 1. The number of hydrogen-bond donors (Lipinski definition) is 0. The lowest BCUT2D eigenvalue weighted by Gasteiger charge is -2.29. The van der Waals surface area contributed by atoms with Gasteiger partial charge in [0.15, 0.2) is 0 Å². The molecule has 0 spiro atoms. The fourth-order valence-electron chi connectivity index (χ4n) is 4.05. The van der Waals surface area contributed by atoms with Crippen molar-refractivity contribution in [2.24, 2.45) is 0 Å². The van der Waals surface area contributed by atoms with Gasteiger partial charge < -0.3 is 19.4 Å². The Hall–Kier alpha value is -2.18. The Morgan fingerprint density at radius 1 is 0.821 bits per heavy atom. The highest BCUT2D eigenvalue weighted by Crippen LogP contribution is 2.20. The minimum atomic E-state index is 0.779. The second kappa shape index (κ2) is 9.85. The molecular weight excluding hydrogens is 350 g/mol. The van der Waals surface area contributed by atoms with Crippen LogP contribution in [0.2, 0.25) is 0 Å². The maximum Gasteiger partial charge on any atom is 0.134 e. The van der Waals surface area contributed by atoms with Gasteiger partial charge in [-0.05, 0) is 37.9 Å². The Kier molecular flexibility index (Phi) is 6.73. The van der Waals surface area contributed by atoms with Crippen LogP contribution in [0.15, 0.2) is 42.7 Å². The van der Waals surface area contributed by atoms with E-state index >= 15 is 0 Å². The van der Waals surface area contributed by atoms with E-state index in [1.165, 1.54) is 31.5 Å². The van der Waals surface area contributed by atoms with Gasteiger partial charge in [-0.2, -0.15) is 0 Å². The average molecular weight is 382 g/mol. The molecule has 0 radical (unpaired) electrons. The molecular formula is C22H31N5O. The summed E-state index contributed by atoms with van der Waals surface area (Å²) in [5.74, 6) is 2.08. The van der Waals surface area contributed by atoms with E-state index in [2.05, 4.69) is 61.1 Å². The zero-order valence-corrected chi connectivity index (χ0v) is 16.7. The average Bonchev–Trinajstić information content (AvgIpc) is 3.01. The molecule has 2 aliphatic rings. The summed E-state index contributed by atoms with van der Waals surface area (Å²) in [7, 11) is 0. The SMILES string of the molecule is c1ccc(CCCN2CCCN(c3cc(N4CCOCC4)ncn3)CC2)cc1. The van der Waals surface area contributed by atoms with Crippen molar-refractivity contribution in [3.63, 3.8) is 0 Å². The molecule has 4 rings (SSSR count). The zero-order valence-electron chi connectivity index (χ0n) is 16.7. The molecule has 0 amide bonds. The molecule has 0 bridgehead atoms. The van der Waals surface area contributed by atoms with Crippen molar-refractivity contribution in [2.45, 2.75) is 19.3 Å². The molecule has 2 fully saturated rings. The summed E-state index contributed by atoms with van der Waals surface area (Å²) in [5, 5.41) is 0. The van der Waals surface area contributed by atoms with E-state index in [1.54, 1.807) is 6.33 Å². The molecule has 2 saturated heterocycles. The van der Waals surface area contributed by atoms with Crippen molar-refractivity contribution in [2.75, 3.05) is 68.8 Å². The molecule has 0 atom stereocenters. The van der Waals surface area contributed by atoms with E-state index in [0.29, 0.717) is 0 Å². The van der Waals surface area contributed by atoms with Crippen LogP contribution in [-0.4, -0.2) is 73.9 Å². The highest BCUT2D eigenvalue weighted by molar-refractivity contribution is 5.50. The molecule has 1 aromatic heterocycles. The molecule has 28 heavy (non-hydrogen) atoms. The maximum atomic E-state index is 5.46. The smallest absolute Gasteiger partial charge is 0.134 e. The molecule has 3 heterocycles. The van der Waals surface area contributed by atoms with Gasteiger partial charge >= 0.3 is 0 Å². The normalized spacial score (nSPS) is 18.9. The van der Waals surface area contributed by atoms with Crippen LogP contribution in [0, 0.1) is 0 Å². The number of hydrogen-bond acceptors (Lipinski definition) is 6. The minimum Gasteiger partial charge on any atom is -0.378 e. The molecule has 6 nitrogen and oxygen atoms in total. The van der Waals surface area contributed by atoms with E-state index < -0.39 is 0 Å². The number of aromatic nitrogens is 2. The van der Waals surface area contributed by atoms with E-state index in [4.69, 9.17) is 4.74 Å². The van der Waals surface area contributed by atoms with Gasteiger partial charge in [0.25, 0.3) is 0 Å². The Morgan fingerprint density at radius 3 is 2.36 bits per heavy atom. The van der Waals surface area contributed by atoms with Gasteiger partial charge in [-0.1, -0.05) is 30.3 Å². The lowest BCUT2D eigenvalue weighted by molar-refractivity contribution is 0.122. The van der Waals surface area contributed by atoms with Crippen LogP contribution in [-0.2, 0) is 11.2 Å². The molecule has 0 unspecified atom stereocenters. The van der Waals surface area contributed by atoms with Gasteiger partial charge in [0, 0.05) is 38.8 Å². The van der Waals surface area contributed by atoms with Crippen LogP contribution >= 0.6 is 0 Å². The molecule has 6 heteroatoms. The number of anilines is 2. The molecule has 1 aromatic carbocycles. The fraction of sp³-hybridized carbons (Fsp3) is 0.545.